The van der Waals surface area contributed by atoms with Gasteiger partial charge in [0.25, 0.3) is 0 Å². The molecule has 1 unspecified atom stereocenters. The van der Waals surface area contributed by atoms with Gasteiger partial charge < -0.3 is 15.1 Å². The van der Waals surface area contributed by atoms with E-state index in [2.05, 4.69) is 15.3 Å². The number of halogens is 2. The van der Waals surface area contributed by atoms with Gasteiger partial charge >= 0.3 is 16.2 Å². The number of hydrogen-bond acceptors (Lipinski definition) is 8. The van der Waals surface area contributed by atoms with Crippen molar-refractivity contribution >= 4 is 74.6 Å². The summed E-state index contributed by atoms with van der Waals surface area (Å²) in [5.41, 5.74) is 3.23. The smallest absolute Gasteiger partial charge is 0.330 e. The van der Waals surface area contributed by atoms with E-state index in [1.54, 1.807) is 35.8 Å². The van der Waals surface area contributed by atoms with E-state index in [1.165, 1.54) is 48.5 Å². The minimum absolute atomic E-state index is 0. The van der Waals surface area contributed by atoms with E-state index in [1.807, 2.05) is 4.72 Å². The lowest BCUT2D eigenvalue weighted by molar-refractivity contribution is -0.129. The summed E-state index contributed by atoms with van der Waals surface area (Å²) >= 11 is 1.41. The van der Waals surface area contributed by atoms with Gasteiger partial charge in [0.15, 0.2) is 0 Å². The first-order valence-electron chi connectivity index (χ1n) is 13.2. The van der Waals surface area contributed by atoms with Crippen molar-refractivity contribution in [1.82, 2.24) is 24.9 Å². The SMILES string of the molecule is CN(C)C(=O)C1Cc2cccnc2N1S(=O)(=O)NC(=O)N[C@@H](Cc1cc(F)cc(F)c1)C(=O)N(C)c1ccc2scnc2c1.S. The standard InChI is InChI=1S/C28H27F2N7O5S2.H2S/c1-35(2)27(39)23-12-17-5-4-8-31-25(17)37(23)44(41,42)34-28(40)33-22(11-16-9-18(29)13-19(30)10-16)26(38)36(3)20-6-7-24-21(14-20)32-15-43-24;/h4-10,13-15,22-23H,11-12H2,1-3H3,(H2,33,34,40);1H2/t22-,23?;/m0./s1. The Morgan fingerprint density at radius 3 is 2.47 bits per heavy atom. The minimum Gasteiger partial charge on any atom is -0.347 e. The second kappa shape index (κ2) is 13.3. The molecule has 45 heavy (non-hydrogen) atoms. The van der Waals surface area contributed by atoms with Gasteiger partial charge in [-0.2, -0.15) is 21.9 Å². The van der Waals surface area contributed by atoms with Crippen LogP contribution >= 0.6 is 24.8 Å². The molecule has 0 bridgehead atoms. The number of likely N-dealkylation sites (N-methyl/N-ethyl adjacent to an activating group) is 2. The quantitative estimate of drug-likeness (QED) is 0.292. The number of hydrogen-bond donors (Lipinski definition) is 2. The summed E-state index contributed by atoms with van der Waals surface area (Å²) in [6.07, 6.45) is 1.01. The molecule has 1 aliphatic rings. The maximum absolute atomic E-state index is 14.0. The minimum atomic E-state index is -4.74. The van der Waals surface area contributed by atoms with Gasteiger partial charge in [0.1, 0.15) is 29.5 Å². The molecule has 0 aliphatic carbocycles. The van der Waals surface area contributed by atoms with Gasteiger partial charge in [-0.1, -0.05) is 6.07 Å². The molecule has 3 heterocycles. The van der Waals surface area contributed by atoms with Crippen molar-refractivity contribution < 1.29 is 31.6 Å². The summed E-state index contributed by atoms with van der Waals surface area (Å²) in [6.45, 7) is 0. The largest absolute Gasteiger partial charge is 0.347 e. The van der Waals surface area contributed by atoms with Crippen molar-refractivity contribution in [2.24, 2.45) is 0 Å². The van der Waals surface area contributed by atoms with Crippen LogP contribution in [0.5, 0.6) is 0 Å². The maximum Gasteiger partial charge on any atom is 0.330 e. The molecule has 17 heteroatoms. The van der Waals surface area contributed by atoms with Gasteiger partial charge in [0.2, 0.25) is 11.8 Å². The van der Waals surface area contributed by atoms with Gasteiger partial charge in [-0.25, -0.2) is 32.6 Å². The third-order valence-corrected chi connectivity index (χ3v) is 9.18. The Labute approximate surface area is 268 Å². The summed E-state index contributed by atoms with van der Waals surface area (Å²) in [6, 6.07) is 7.01. The van der Waals surface area contributed by atoms with Crippen LogP contribution in [0, 0.1) is 11.6 Å². The molecule has 12 nitrogen and oxygen atoms in total. The number of rotatable bonds is 8. The molecule has 2 atom stereocenters. The highest BCUT2D eigenvalue weighted by atomic mass is 32.2. The van der Waals surface area contributed by atoms with Crippen LogP contribution in [0.2, 0.25) is 0 Å². The third kappa shape index (κ3) is 7.15. The first-order valence-corrected chi connectivity index (χ1v) is 15.5. The molecule has 4 aromatic rings. The molecular weight excluding hydrogens is 649 g/mol. The molecule has 2 aromatic heterocycles. The number of pyridine rings is 1. The number of thiazole rings is 1. The van der Waals surface area contributed by atoms with Crippen LogP contribution in [-0.2, 0) is 32.6 Å². The Kier molecular flexibility index (Phi) is 9.94. The van der Waals surface area contributed by atoms with Crippen LogP contribution in [-0.4, -0.2) is 74.4 Å². The van der Waals surface area contributed by atoms with Gasteiger partial charge in [-0.05, 0) is 47.5 Å². The van der Waals surface area contributed by atoms with Gasteiger partial charge in [-0.3, -0.25) is 9.59 Å². The van der Waals surface area contributed by atoms with E-state index in [-0.39, 0.29) is 37.7 Å². The van der Waals surface area contributed by atoms with Crippen molar-refractivity contribution in [2.75, 3.05) is 30.3 Å². The number of nitrogens with one attached hydrogen (secondary N) is 2. The number of amides is 4. The van der Waals surface area contributed by atoms with E-state index in [0.717, 1.165) is 21.1 Å². The van der Waals surface area contributed by atoms with E-state index >= 15 is 0 Å². The van der Waals surface area contributed by atoms with Crippen LogP contribution in [0.4, 0.5) is 25.1 Å². The van der Waals surface area contributed by atoms with Crippen LogP contribution in [0.1, 0.15) is 11.1 Å². The summed E-state index contributed by atoms with van der Waals surface area (Å²) in [5, 5.41) is 2.34. The monoisotopic (exact) mass is 677 g/mol. The normalized spacial score (nSPS) is 14.7. The zero-order valence-corrected chi connectivity index (χ0v) is 26.8. The zero-order valence-electron chi connectivity index (χ0n) is 24.2. The van der Waals surface area contributed by atoms with Gasteiger partial charge in [-0.15, -0.1) is 11.3 Å². The van der Waals surface area contributed by atoms with Gasteiger partial charge in [0.05, 0.1) is 15.7 Å². The molecule has 238 valence electrons. The van der Waals surface area contributed by atoms with E-state index in [0.29, 0.717) is 22.8 Å². The number of fused-ring (bicyclic) bond motifs is 2. The molecule has 0 saturated heterocycles. The van der Waals surface area contributed by atoms with Crippen LogP contribution in [0.3, 0.4) is 0 Å². The number of urea groups is 1. The number of carbonyl (C=O) groups excluding carboxylic acids is 3. The molecule has 5 rings (SSSR count). The number of carbonyl (C=O) groups is 3. The van der Waals surface area contributed by atoms with Crippen molar-refractivity contribution in [1.29, 1.82) is 0 Å². The molecule has 0 radical (unpaired) electrons. The third-order valence-electron chi connectivity index (χ3n) is 6.98. The molecule has 0 fully saturated rings. The maximum atomic E-state index is 14.0. The average molecular weight is 678 g/mol. The number of nitrogens with zero attached hydrogens (tertiary/aromatic N) is 5. The highest BCUT2D eigenvalue weighted by Crippen LogP contribution is 2.32. The topological polar surface area (TPSA) is 145 Å². The first kappa shape index (κ1) is 33.5. The van der Waals surface area contributed by atoms with E-state index in [4.69, 9.17) is 0 Å². The molecule has 2 aromatic carbocycles. The Bertz CT molecular complexity index is 1850. The van der Waals surface area contributed by atoms with E-state index < -0.39 is 51.8 Å². The lowest BCUT2D eigenvalue weighted by Gasteiger charge is -2.28. The molecule has 2 N–H and O–H groups in total. The molecule has 0 saturated carbocycles. The zero-order chi connectivity index (χ0) is 31.8. The van der Waals surface area contributed by atoms with Crippen molar-refractivity contribution in [2.45, 2.75) is 24.9 Å². The van der Waals surface area contributed by atoms with Crippen LogP contribution in [0.25, 0.3) is 10.2 Å². The predicted molar refractivity (Wildman–Crippen MR) is 171 cm³/mol. The molecule has 0 spiro atoms. The van der Waals surface area contributed by atoms with Crippen molar-refractivity contribution in [3.63, 3.8) is 0 Å². The summed E-state index contributed by atoms with van der Waals surface area (Å²) < 4.78 is 58.6. The highest BCUT2D eigenvalue weighted by molar-refractivity contribution is 7.91. The second-order valence-corrected chi connectivity index (χ2v) is 12.7. The van der Waals surface area contributed by atoms with Crippen LogP contribution in [0.15, 0.2) is 60.2 Å². The van der Waals surface area contributed by atoms with Crippen molar-refractivity contribution in [3.05, 3.63) is 83.0 Å². The van der Waals surface area contributed by atoms with Crippen LogP contribution < -0.4 is 19.2 Å². The summed E-state index contributed by atoms with van der Waals surface area (Å²) in [4.78, 5) is 50.6. The Balaban J connectivity index is 0.00000461. The number of benzene rings is 2. The first-order chi connectivity index (χ1) is 20.8. The molecule has 4 amide bonds. The number of aromatic nitrogens is 2. The predicted octanol–water partition coefficient (Wildman–Crippen LogP) is 2.72. The van der Waals surface area contributed by atoms with Crippen molar-refractivity contribution in [3.8, 4) is 0 Å². The lowest BCUT2D eigenvalue weighted by atomic mass is 10.0. The molecule has 1 aliphatic heterocycles. The summed E-state index contributed by atoms with van der Waals surface area (Å²) in [5.74, 6) is -3.04. The molecular formula is C28H29F2N7O5S3. The fraction of sp³-hybridized carbons (Fsp3) is 0.250. The lowest BCUT2D eigenvalue weighted by Crippen LogP contribution is -2.57. The van der Waals surface area contributed by atoms with E-state index in [9.17, 15) is 31.6 Å². The second-order valence-electron chi connectivity index (χ2n) is 10.3. The fourth-order valence-electron chi connectivity index (χ4n) is 4.93. The highest BCUT2D eigenvalue weighted by Gasteiger charge is 2.44. The Morgan fingerprint density at radius 1 is 1.07 bits per heavy atom. The van der Waals surface area contributed by atoms with Gasteiger partial charge in [0, 0.05) is 51.9 Å². The Hall–Kier alpha value is -4.35. The number of anilines is 2. The average Bonchev–Trinajstić information content (AvgIpc) is 3.59. The fourth-order valence-corrected chi connectivity index (χ4v) is 6.87. The summed E-state index contributed by atoms with van der Waals surface area (Å²) in [7, 11) is -0.359. The Morgan fingerprint density at radius 2 is 1.78 bits per heavy atom.